The normalized spacial score (nSPS) is 10.8. The minimum atomic E-state index is 0.209. The average molecular weight is 246 g/mol. The van der Waals surface area contributed by atoms with Crippen LogP contribution in [0.2, 0.25) is 0 Å². The zero-order valence-electron chi connectivity index (χ0n) is 10.5. The maximum absolute atomic E-state index is 8.66. The van der Waals surface area contributed by atoms with Crippen molar-refractivity contribution in [1.82, 2.24) is 10.3 Å². The van der Waals surface area contributed by atoms with Crippen molar-refractivity contribution in [3.8, 4) is 11.5 Å². The molecule has 4 heteroatoms. The van der Waals surface area contributed by atoms with Gasteiger partial charge in [-0.15, -0.1) is 0 Å². The lowest BCUT2D eigenvalue weighted by molar-refractivity contribution is 0.286. The Morgan fingerprint density at radius 1 is 1.28 bits per heavy atom. The van der Waals surface area contributed by atoms with Gasteiger partial charge in [0.1, 0.15) is 6.26 Å². The van der Waals surface area contributed by atoms with E-state index in [0.717, 1.165) is 24.2 Å². The van der Waals surface area contributed by atoms with Crippen LogP contribution in [0.3, 0.4) is 0 Å². The fourth-order valence-corrected chi connectivity index (χ4v) is 1.64. The Morgan fingerprint density at radius 2 is 2.06 bits per heavy atom. The average Bonchev–Trinajstić information content (AvgIpc) is 2.84. The van der Waals surface area contributed by atoms with Gasteiger partial charge in [0, 0.05) is 18.7 Å². The summed E-state index contributed by atoms with van der Waals surface area (Å²) in [7, 11) is 0. The van der Waals surface area contributed by atoms with Crippen molar-refractivity contribution in [3.63, 3.8) is 0 Å². The zero-order valence-corrected chi connectivity index (χ0v) is 10.5. The molecule has 0 aliphatic rings. The molecule has 2 rings (SSSR count). The SMILES string of the molecule is Cc1ccc(-c2nc(CNCCCO)co2)cc1. The summed E-state index contributed by atoms with van der Waals surface area (Å²) in [4.78, 5) is 4.42. The van der Waals surface area contributed by atoms with Crippen LogP contribution in [0, 0.1) is 6.92 Å². The van der Waals surface area contributed by atoms with Gasteiger partial charge in [-0.25, -0.2) is 4.98 Å². The predicted octanol–water partition coefficient (Wildman–Crippen LogP) is 2.12. The first kappa shape index (κ1) is 12.8. The smallest absolute Gasteiger partial charge is 0.226 e. The van der Waals surface area contributed by atoms with Gasteiger partial charge in [-0.1, -0.05) is 17.7 Å². The molecule has 2 aromatic rings. The third kappa shape index (κ3) is 3.42. The molecule has 0 unspecified atom stereocenters. The summed E-state index contributed by atoms with van der Waals surface area (Å²) in [6.07, 6.45) is 2.42. The molecule has 96 valence electrons. The molecule has 0 amide bonds. The van der Waals surface area contributed by atoms with Gasteiger partial charge < -0.3 is 14.8 Å². The number of aromatic nitrogens is 1. The number of nitrogens with zero attached hydrogens (tertiary/aromatic N) is 1. The minimum absolute atomic E-state index is 0.209. The van der Waals surface area contributed by atoms with Crippen LogP contribution < -0.4 is 5.32 Å². The second-order valence-electron chi connectivity index (χ2n) is 4.26. The lowest BCUT2D eigenvalue weighted by atomic mass is 10.1. The maximum Gasteiger partial charge on any atom is 0.226 e. The lowest BCUT2D eigenvalue weighted by Crippen LogP contribution is -2.15. The number of hydrogen-bond donors (Lipinski definition) is 2. The summed E-state index contributed by atoms with van der Waals surface area (Å²) in [5.41, 5.74) is 3.09. The van der Waals surface area contributed by atoms with Gasteiger partial charge in [0.05, 0.1) is 5.69 Å². The molecule has 0 bridgehead atoms. The summed E-state index contributed by atoms with van der Waals surface area (Å²) >= 11 is 0. The highest BCUT2D eigenvalue weighted by Gasteiger charge is 2.05. The molecule has 1 aromatic carbocycles. The number of oxazole rings is 1. The van der Waals surface area contributed by atoms with Crippen molar-refractivity contribution >= 4 is 0 Å². The maximum atomic E-state index is 8.66. The van der Waals surface area contributed by atoms with Gasteiger partial charge in [0.25, 0.3) is 0 Å². The van der Waals surface area contributed by atoms with Crippen molar-refractivity contribution < 1.29 is 9.52 Å². The highest BCUT2D eigenvalue weighted by molar-refractivity contribution is 5.53. The van der Waals surface area contributed by atoms with Gasteiger partial charge in [-0.3, -0.25) is 0 Å². The number of hydrogen-bond acceptors (Lipinski definition) is 4. The summed E-state index contributed by atoms with van der Waals surface area (Å²) in [6.45, 7) is 3.70. The predicted molar refractivity (Wildman–Crippen MR) is 70.1 cm³/mol. The fraction of sp³-hybridized carbons (Fsp3) is 0.357. The summed E-state index contributed by atoms with van der Waals surface area (Å²) in [5, 5.41) is 11.9. The van der Waals surface area contributed by atoms with Crippen LogP contribution in [-0.4, -0.2) is 23.2 Å². The minimum Gasteiger partial charge on any atom is -0.444 e. The first-order valence-corrected chi connectivity index (χ1v) is 6.12. The van der Waals surface area contributed by atoms with E-state index in [1.165, 1.54) is 5.56 Å². The van der Waals surface area contributed by atoms with Crippen LogP contribution in [0.25, 0.3) is 11.5 Å². The molecule has 0 saturated heterocycles. The number of aliphatic hydroxyl groups is 1. The van der Waals surface area contributed by atoms with Crippen molar-refractivity contribution in [1.29, 1.82) is 0 Å². The third-order valence-electron chi connectivity index (χ3n) is 2.67. The van der Waals surface area contributed by atoms with Crippen molar-refractivity contribution in [2.75, 3.05) is 13.2 Å². The Hall–Kier alpha value is -1.65. The van der Waals surface area contributed by atoms with Crippen molar-refractivity contribution in [2.24, 2.45) is 0 Å². The first-order chi connectivity index (χ1) is 8.79. The number of aryl methyl sites for hydroxylation is 1. The number of benzene rings is 1. The van der Waals surface area contributed by atoms with E-state index in [1.54, 1.807) is 6.26 Å². The Labute approximate surface area is 107 Å². The van der Waals surface area contributed by atoms with Gasteiger partial charge in [-0.05, 0) is 32.0 Å². The first-order valence-electron chi connectivity index (χ1n) is 6.12. The van der Waals surface area contributed by atoms with Gasteiger partial charge in [0.15, 0.2) is 0 Å². The number of nitrogens with one attached hydrogen (secondary N) is 1. The van der Waals surface area contributed by atoms with E-state index >= 15 is 0 Å². The molecular formula is C14H18N2O2. The van der Waals surface area contributed by atoms with Crippen LogP contribution in [-0.2, 0) is 6.54 Å². The third-order valence-corrected chi connectivity index (χ3v) is 2.67. The van der Waals surface area contributed by atoms with Crippen LogP contribution in [0.4, 0.5) is 0 Å². The molecule has 0 spiro atoms. The number of aliphatic hydroxyl groups excluding tert-OH is 1. The molecule has 4 nitrogen and oxygen atoms in total. The van der Waals surface area contributed by atoms with Crippen molar-refractivity contribution in [2.45, 2.75) is 19.9 Å². The largest absolute Gasteiger partial charge is 0.444 e. The van der Waals surface area contributed by atoms with Crippen LogP contribution in [0.15, 0.2) is 34.9 Å². The Morgan fingerprint density at radius 3 is 2.78 bits per heavy atom. The molecular weight excluding hydrogens is 228 g/mol. The second kappa shape index (κ2) is 6.33. The van der Waals surface area contributed by atoms with E-state index in [4.69, 9.17) is 9.52 Å². The molecule has 1 heterocycles. The van der Waals surface area contributed by atoms with Crippen molar-refractivity contribution in [3.05, 3.63) is 41.8 Å². The summed E-state index contributed by atoms with van der Waals surface area (Å²) in [6, 6.07) is 8.09. The second-order valence-corrected chi connectivity index (χ2v) is 4.26. The number of rotatable bonds is 6. The molecule has 2 N–H and O–H groups in total. The fourth-order valence-electron chi connectivity index (χ4n) is 1.64. The monoisotopic (exact) mass is 246 g/mol. The van der Waals surface area contributed by atoms with Gasteiger partial charge in [-0.2, -0.15) is 0 Å². The van der Waals surface area contributed by atoms with E-state index in [2.05, 4.69) is 17.2 Å². The topological polar surface area (TPSA) is 58.3 Å². The molecule has 18 heavy (non-hydrogen) atoms. The highest BCUT2D eigenvalue weighted by atomic mass is 16.3. The van der Waals surface area contributed by atoms with Gasteiger partial charge in [0.2, 0.25) is 5.89 Å². The molecule has 0 radical (unpaired) electrons. The molecule has 0 fully saturated rings. The molecule has 0 saturated carbocycles. The Balaban J connectivity index is 1.95. The van der Waals surface area contributed by atoms with E-state index in [1.807, 2.05) is 24.3 Å². The zero-order chi connectivity index (χ0) is 12.8. The highest BCUT2D eigenvalue weighted by Crippen LogP contribution is 2.18. The molecule has 1 aromatic heterocycles. The summed E-state index contributed by atoms with van der Waals surface area (Å²) in [5.74, 6) is 0.647. The van der Waals surface area contributed by atoms with E-state index < -0.39 is 0 Å². The van der Waals surface area contributed by atoms with Crippen LogP contribution >= 0.6 is 0 Å². The Bertz CT molecular complexity index is 477. The molecule has 0 atom stereocenters. The van der Waals surface area contributed by atoms with E-state index in [-0.39, 0.29) is 6.61 Å². The quantitative estimate of drug-likeness (QED) is 0.766. The van der Waals surface area contributed by atoms with Crippen LogP contribution in [0.1, 0.15) is 17.7 Å². The molecule has 0 aliphatic carbocycles. The lowest BCUT2D eigenvalue weighted by Gasteiger charge is -1.99. The van der Waals surface area contributed by atoms with Gasteiger partial charge >= 0.3 is 0 Å². The van der Waals surface area contributed by atoms with Crippen LogP contribution in [0.5, 0.6) is 0 Å². The standard InChI is InChI=1S/C14H18N2O2/c1-11-3-5-12(6-4-11)14-16-13(10-18-14)9-15-7-2-8-17/h3-6,10,15,17H,2,7-9H2,1H3. The van der Waals surface area contributed by atoms with E-state index in [9.17, 15) is 0 Å². The Kier molecular flexibility index (Phi) is 4.50. The molecule has 0 aliphatic heterocycles. The summed E-state index contributed by atoms with van der Waals surface area (Å²) < 4.78 is 5.45. The van der Waals surface area contributed by atoms with E-state index in [0.29, 0.717) is 12.4 Å².